The molecule has 2 aromatic rings. The van der Waals surface area contributed by atoms with Crippen molar-refractivity contribution >= 4 is 23.2 Å². The summed E-state index contributed by atoms with van der Waals surface area (Å²) in [6, 6.07) is 15.1. The van der Waals surface area contributed by atoms with E-state index >= 15 is 0 Å². The molecule has 23 heavy (non-hydrogen) atoms. The third-order valence-electron chi connectivity index (χ3n) is 4.43. The summed E-state index contributed by atoms with van der Waals surface area (Å²) < 4.78 is 5.99. The Bertz CT molecular complexity index is 715. The first-order valence-electron chi connectivity index (χ1n) is 7.75. The van der Waals surface area contributed by atoms with E-state index in [1.165, 1.54) is 0 Å². The Morgan fingerprint density at radius 1 is 1.13 bits per heavy atom. The largest absolute Gasteiger partial charge is 0.367 e. The van der Waals surface area contributed by atoms with Gasteiger partial charge >= 0.3 is 0 Å². The van der Waals surface area contributed by atoms with E-state index in [0.29, 0.717) is 22.7 Å². The number of morpholine rings is 1. The Labute approximate surface area is 139 Å². The van der Waals surface area contributed by atoms with Crippen molar-refractivity contribution in [2.45, 2.75) is 24.7 Å². The van der Waals surface area contributed by atoms with Crippen LogP contribution in [0.5, 0.6) is 0 Å². The quantitative estimate of drug-likeness (QED) is 0.908. The normalized spacial score (nSPS) is 25.5. The van der Waals surface area contributed by atoms with E-state index in [-0.39, 0.29) is 12.0 Å². The van der Waals surface area contributed by atoms with Crippen LogP contribution in [0.25, 0.3) is 0 Å². The molecule has 2 N–H and O–H groups in total. The van der Waals surface area contributed by atoms with Gasteiger partial charge in [-0.05, 0) is 48.4 Å². The molecule has 4 rings (SSSR count). The molecule has 1 unspecified atom stereocenters. The molecule has 0 aliphatic carbocycles. The van der Waals surface area contributed by atoms with Gasteiger partial charge in [-0.1, -0.05) is 23.7 Å². The Morgan fingerprint density at radius 2 is 1.87 bits per heavy atom. The van der Waals surface area contributed by atoms with Crippen molar-refractivity contribution in [2.75, 3.05) is 11.9 Å². The Morgan fingerprint density at radius 3 is 2.48 bits per heavy atom. The minimum atomic E-state index is -0.146. The predicted octanol–water partition coefficient (Wildman–Crippen LogP) is 3.39. The van der Waals surface area contributed by atoms with E-state index in [0.717, 1.165) is 24.2 Å². The van der Waals surface area contributed by atoms with E-state index in [2.05, 4.69) is 10.6 Å². The van der Waals surface area contributed by atoms with Gasteiger partial charge in [-0.25, -0.2) is 0 Å². The van der Waals surface area contributed by atoms with Crippen LogP contribution in [-0.2, 0) is 4.74 Å². The number of carbonyl (C=O) groups is 1. The van der Waals surface area contributed by atoms with Crippen LogP contribution in [0.4, 0.5) is 5.69 Å². The first kappa shape index (κ1) is 14.7. The van der Waals surface area contributed by atoms with Crippen molar-refractivity contribution in [1.82, 2.24) is 5.32 Å². The van der Waals surface area contributed by atoms with Crippen LogP contribution >= 0.6 is 11.6 Å². The predicted molar refractivity (Wildman–Crippen MR) is 89.9 cm³/mol. The highest BCUT2D eigenvalue weighted by molar-refractivity contribution is 6.30. The number of halogens is 1. The van der Waals surface area contributed by atoms with Crippen molar-refractivity contribution in [3.8, 4) is 0 Å². The fourth-order valence-electron chi connectivity index (χ4n) is 3.24. The molecule has 0 spiro atoms. The van der Waals surface area contributed by atoms with Gasteiger partial charge in [-0.3, -0.25) is 4.79 Å². The van der Waals surface area contributed by atoms with Crippen LogP contribution in [0, 0.1) is 0 Å². The average molecular weight is 329 g/mol. The second-order valence-corrected chi connectivity index (χ2v) is 6.45. The summed E-state index contributed by atoms with van der Waals surface area (Å²) >= 11 is 5.83. The number of carbonyl (C=O) groups excluding carboxylic acids is 1. The highest BCUT2D eigenvalue weighted by Crippen LogP contribution is 2.37. The maximum atomic E-state index is 12.2. The molecule has 2 aromatic carbocycles. The lowest BCUT2D eigenvalue weighted by atomic mass is 10.0. The third-order valence-corrected chi connectivity index (χ3v) is 4.68. The van der Waals surface area contributed by atoms with E-state index in [4.69, 9.17) is 16.3 Å². The van der Waals surface area contributed by atoms with Crippen molar-refractivity contribution < 1.29 is 9.53 Å². The van der Waals surface area contributed by atoms with Crippen LogP contribution in [-0.4, -0.2) is 24.6 Å². The smallest absolute Gasteiger partial charge is 0.255 e. The molecule has 2 fully saturated rings. The molecule has 4 nitrogen and oxygen atoms in total. The van der Waals surface area contributed by atoms with Gasteiger partial charge in [-0.2, -0.15) is 0 Å². The average Bonchev–Trinajstić information content (AvgIpc) is 3.19. The van der Waals surface area contributed by atoms with E-state index < -0.39 is 0 Å². The number of fused-ring (bicyclic) bond motifs is 2. The molecule has 0 aromatic heterocycles. The standard InChI is InChI=1S/C18H17ClN2O2/c19-13-5-1-12(2-6-13)18(22)21-14-7-3-11(4-8-14)17-16-9-15(23-17)10-20-16/h1-8,15-17,20H,9-10H2,(H,21,22)/t15-,16-,17?/m0/s1. The third kappa shape index (κ3) is 2.98. The van der Waals surface area contributed by atoms with Crippen molar-refractivity contribution in [2.24, 2.45) is 0 Å². The second-order valence-electron chi connectivity index (χ2n) is 6.01. The van der Waals surface area contributed by atoms with Gasteiger partial charge in [0.05, 0.1) is 12.2 Å². The fraction of sp³-hybridized carbons (Fsp3) is 0.278. The van der Waals surface area contributed by atoms with Gasteiger partial charge < -0.3 is 15.4 Å². The maximum Gasteiger partial charge on any atom is 0.255 e. The minimum Gasteiger partial charge on any atom is -0.367 e. The lowest BCUT2D eigenvalue weighted by molar-refractivity contribution is 0.0160. The highest BCUT2D eigenvalue weighted by atomic mass is 35.5. The molecular weight excluding hydrogens is 312 g/mol. The van der Waals surface area contributed by atoms with Crippen molar-refractivity contribution in [3.63, 3.8) is 0 Å². The summed E-state index contributed by atoms with van der Waals surface area (Å²) in [7, 11) is 0. The Hall–Kier alpha value is -1.88. The van der Waals surface area contributed by atoms with Crippen LogP contribution in [0.2, 0.25) is 5.02 Å². The molecule has 5 heteroatoms. The number of hydrogen-bond acceptors (Lipinski definition) is 3. The lowest BCUT2D eigenvalue weighted by Crippen LogP contribution is -2.33. The lowest BCUT2D eigenvalue weighted by Gasteiger charge is -2.23. The van der Waals surface area contributed by atoms with Crippen molar-refractivity contribution in [1.29, 1.82) is 0 Å². The number of anilines is 1. The molecule has 2 aliphatic heterocycles. The first-order chi connectivity index (χ1) is 11.2. The van der Waals surface area contributed by atoms with Crippen LogP contribution in [0.3, 0.4) is 0 Å². The molecule has 0 radical (unpaired) electrons. The topological polar surface area (TPSA) is 50.4 Å². The fourth-order valence-corrected chi connectivity index (χ4v) is 3.37. The zero-order chi connectivity index (χ0) is 15.8. The van der Waals surface area contributed by atoms with E-state index in [1.807, 2.05) is 24.3 Å². The molecule has 2 saturated heterocycles. The summed E-state index contributed by atoms with van der Waals surface area (Å²) in [5.41, 5.74) is 2.50. The Balaban J connectivity index is 1.44. The van der Waals surface area contributed by atoms with Gasteiger partial charge in [0.1, 0.15) is 0 Å². The maximum absolute atomic E-state index is 12.2. The number of nitrogens with one attached hydrogen (secondary N) is 2. The van der Waals surface area contributed by atoms with Crippen LogP contribution < -0.4 is 10.6 Å². The van der Waals surface area contributed by atoms with Crippen LogP contribution in [0.1, 0.15) is 28.4 Å². The summed E-state index contributed by atoms with van der Waals surface area (Å²) in [4.78, 5) is 12.2. The zero-order valence-corrected chi connectivity index (χ0v) is 13.2. The summed E-state index contributed by atoms with van der Waals surface area (Å²) in [5.74, 6) is -0.146. The van der Waals surface area contributed by atoms with E-state index in [1.54, 1.807) is 24.3 Å². The van der Waals surface area contributed by atoms with Gasteiger partial charge in [0.15, 0.2) is 0 Å². The molecule has 118 valence electrons. The van der Waals surface area contributed by atoms with Gasteiger partial charge in [0.2, 0.25) is 0 Å². The molecular formula is C18H17ClN2O2. The number of benzene rings is 2. The summed E-state index contributed by atoms with van der Waals surface area (Å²) in [5, 5.41) is 6.98. The van der Waals surface area contributed by atoms with Gasteiger partial charge in [0.25, 0.3) is 5.91 Å². The van der Waals surface area contributed by atoms with Gasteiger partial charge in [0, 0.05) is 28.9 Å². The SMILES string of the molecule is O=C(Nc1ccc(C2O[C@@H]3CN[C@H]2C3)cc1)c1ccc(Cl)cc1. The minimum absolute atomic E-state index is 0.120. The summed E-state index contributed by atoms with van der Waals surface area (Å²) in [6.45, 7) is 0.955. The number of hydrogen-bond donors (Lipinski definition) is 2. The number of ether oxygens (including phenoxy) is 1. The summed E-state index contributed by atoms with van der Waals surface area (Å²) in [6.07, 6.45) is 1.55. The monoisotopic (exact) mass is 328 g/mol. The molecule has 2 heterocycles. The molecule has 1 amide bonds. The van der Waals surface area contributed by atoms with E-state index in [9.17, 15) is 4.79 Å². The van der Waals surface area contributed by atoms with Crippen molar-refractivity contribution in [3.05, 3.63) is 64.7 Å². The Kier molecular flexibility index (Phi) is 3.81. The molecule has 0 saturated carbocycles. The first-order valence-corrected chi connectivity index (χ1v) is 8.12. The zero-order valence-electron chi connectivity index (χ0n) is 12.5. The molecule has 3 atom stereocenters. The molecule has 2 bridgehead atoms. The van der Waals surface area contributed by atoms with Crippen LogP contribution in [0.15, 0.2) is 48.5 Å². The second kappa shape index (κ2) is 5.96. The molecule has 2 aliphatic rings. The number of rotatable bonds is 3. The number of amides is 1. The highest BCUT2D eigenvalue weighted by Gasteiger charge is 2.41. The van der Waals surface area contributed by atoms with Gasteiger partial charge in [-0.15, -0.1) is 0 Å².